The lowest BCUT2D eigenvalue weighted by atomic mass is 9.82. The molecule has 0 bridgehead atoms. The molecule has 1 atom stereocenters. The van der Waals surface area contributed by atoms with Crippen molar-refractivity contribution in [2.75, 3.05) is 0 Å². The largest absolute Gasteiger partial charge is 0.361 e. The summed E-state index contributed by atoms with van der Waals surface area (Å²) in [6.45, 7) is 13.3. The Kier molecular flexibility index (Phi) is 4.95. The molecule has 0 saturated heterocycles. The fraction of sp³-hybridized carbons (Fsp3) is 0.526. The Labute approximate surface area is 138 Å². The van der Waals surface area contributed by atoms with Gasteiger partial charge in [0.05, 0.1) is 5.69 Å². The fourth-order valence-corrected chi connectivity index (χ4v) is 2.57. The highest BCUT2D eigenvalue weighted by molar-refractivity contribution is 5.22. The Morgan fingerprint density at radius 2 is 1.83 bits per heavy atom. The van der Waals surface area contributed by atoms with Crippen LogP contribution >= 0.6 is 0 Å². The molecule has 0 saturated carbocycles. The lowest BCUT2D eigenvalue weighted by Crippen LogP contribution is -2.32. The Morgan fingerprint density at radius 3 is 2.35 bits per heavy atom. The number of nitrogens with zero attached hydrogens (tertiary/aromatic N) is 1. The van der Waals surface area contributed by atoms with Crippen LogP contribution in [0.25, 0.3) is 0 Å². The molecule has 0 aliphatic rings. The summed E-state index contributed by atoms with van der Waals surface area (Å²) >= 11 is 0. The summed E-state index contributed by atoms with van der Waals surface area (Å²) in [5.41, 5.74) is 1.69. The minimum atomic E-state index is -0.213. The van der Waals surface area contributed by atoms with Crippen LogP contribution in [0.4, 0.5) is 4.39 Å². The number of rotatable bonds is 4. The van der Waals surface area contributed by atoms with Gasteiger partial charge in [0.2, 0.25) is 0 Å². The molecule has 1 unspecified atom stereocenters. The van der Waals surface area contributed by atoms with Gasteiger partial charge in [0.25, 0.3) is 0 Å². The molecule has 1 heterocycles. The first-order valence-electron chi connectivity index (χ1n) is 8.02. The summed E-state index contributed by atoms with van der Waals surface area (Å²) in [6, 6.07) is 8.77. The van der Waals surface area contributed by atoms with Crippen LogP contribution in [0, 0.1) is 11.2 Å². The summed E-state index contributed by atoms with van der Waals surface area (Å²) < 4.78 is 19.0. The molecule has 126 valence electrons. The van der Waals surface area contributed by atoms with E-state index in [9.17, 15) is 4.39 Å². The molecule has 0 spiro atoms. The van der Waals surface area contributed by atoms with Gasteiger partial charge in [-0.1, -0.05) is 58.8 Å². The van der Waals surface area contributed by atoms with E-state index < -0.39 is 0 Å². The molecule has 2 rings (SSSR count). The predicted molar refractivity (Wildman–Crippen MR) is 90.6 cm³/mol. The molecular weight excluding hydrogens is 291 g/mol. The van der Waals surface area contributed by atoms with Crippen molar-refractivity contribution in [3.05, 3.63) is 53.2 Å². The Morgan fingerprint density at radius 1 is 1.13 bits per heavy atom. The minimum Gasteiger partial charge on any atom is -0.361 e. The fourth-order valence-electron chi connectivity index (χ4n) is 2.57. The van der Waals surface area contributed by atoms with Gasteiger partial charge >= 0.3 is 0 Å². The van der Waals surface area contributed by atoms with E-state index in [1.54, 1.807) is 12.1 Å². The number of aromatic nitrogens is 1. The third kappa shape index (κ3) is 4.64. The number of hydrogen-bond acceptors (Lipinski definition) is 3. The van der Waals surface area contributed by atoms with Gasteiger partial charge in [-0.2, -0.15) is 0 Å². The van der Waals surface area contributed by atoms with E-state index in [-0.39, 0.29) is 22.7 Å². The van der Waals surface area contributed by atoms with Crippen LogP contribution in [0.5, 0.6) is 0 Å². The van der Waals surface area contributed by atoms with Crippen molar-refractivity contribution < 1.29 is 8.91 Å². The molecule has 0 radical (unpaired) electrons. The number of nitrogens with one attached hydrogen (secondary N) is 1. The molecule has 0 fully saturated rings. The normalized spacial score (nSPS) is 14.0. The van der Waals surface area contributed by atoms with Crippen LogP contribution in [-0.4, -0.2) is 5.16 Å². The van der Waals surface area contributed by atoms with Crippen molar-refractivity contribution in [1.82, 2.24) is 10.5 Å². The maximum atomic E-state index is 13.6. The molecule has 1 aromatic heterocycles. The summed E-state index contributed by atoms with van der Waals surface area (Å²) in [7, 11) is 0. The number of halogens is 1. The molecule has 2 aromatic rings. The van der Waals surface area contributed by atoms with Gasteiger partial charge in [0.1, 0.15) is 11.6 Å². The van der Waals surface area contributed by atoms with Crippen molar-refractivity contribution in [3.8, 4) is 0 Å². The van der Waals surface area contributed by atoms with Crippen molar-refractivity contribution >= 4 is 0 Å². The first kappa shape index (κ1) is 17.7. The number of benzene rings is 1. The maximum absolute atomic E-state index is 13.6. The van der Waals surface area contributed by atoms with Crippen molar-refractivity contribution in [2.24, 2.45) is 5.41 Å². The van der Waals surface area contributed by atoms with E-state index in [4.69, 9.17) is 4.52 Å². The standard InChI is InChI=1S/C19H27FN2O/c1-18(2,3)16-11-15(22-23-16)12-21-17(19(4,5)6)13-8-7-9-14(20)10-13/h7-11,17,21H,12H2,1-6H3. The van der Waals surface area contributed by atoms with Gasteiger partial charge in [-0.3, -0.25) is 0 Å². The molecule has 23 heavy (non-hydrogen) atoms. The average molecular weight is 318 g/mol. The van der Waals surface area contributed by atoms with Gasteiger partial charge in [0.15, 0.2) is 0 Å². The zero-order chi connectivity index (χ0) is 17.3. The maximum Gasteiger partial charge on any atom is 0.142 e. The zero-order valence-electron chi connectivity index (χ0n) is 14.9. The third-order valence-electron chi connectivity index (χ3n) is 3.83. The van der Waals surface area contributed by atoms with Crippen LogP contribution in [-0.2, 0) is 12.0 Å². The highest BCUT2D eigenvalue weighted by Gasteiger charge is 2.27. The van der Waals surface area contributed by atoms with Gasteiger partial charge in [-0.25, -0.2) is 4.39 Å². The molecule has 0 aliphatic carbocycles. The van der Waals surface area contributed by atoms with E-state index in [0.717, 1.165) is 17.0 Å². The highest BCUT2D eigenvalue weighted by Crippen LogP contribution is 2.33. The van der Waals surface area contributed by atoms with Crippen molar-refractivity contribution in [3.63, 3.8) is 0 Å². The van der Waals surface area contributed by atoms with Crippen molar-refractivity contribution in [2.45, 2.75) is 59.5 Å². The SMILES string of the molecule is CC(C)(C)c1cc(CNC(c2cccc(F)c2)C(C)(C)C)no1. The van der Waals surface area contributed by atoms with Gasteiger partial charge in [-0.05, 0) is 23.1 Å². The first-order valence-corrected chi connectivity index (χ1v) is 8.02. The zero-order valence-corrected chi connectivity index (χ0v) is 14.9. The van der Waals surface area contributed by atoms with E-state index >= 15 is 0 Å². The summed E-state index contributed by atoms with van der Waals surface area (Å²) in [4.78, 5) is 0. The minimum absolute atomic E-state index is 0.0213. The Bertz CT molecular complexity index is 650. The van der Waals surface area contributed by atoms with Crippen LogP contribution in [0.15, 0.2) is 34.9 Å². The van der Waals surface area contributed by atoms with E-state index in [2.05, 4.69) is 52.0 Å². The van der Waals surface area contributed by atoms with Crippen LogP contribution in [0.3, 0.4) is 0 Å². The topological polar surface area (TPSA) is 38.1 Å². The second-order valence-electron chi connectivity index (χ2n) is 8.17. The van der Waals surface area contributed by atoms with E-state index in [1.807, 2.05) is 12.1 Å². The molecule has 1 aromatic carbocycles. The van der Waals surface area contributed by atoms with Crippen LogP contribution in [0.2, 0.25) is 0 Å². The van der Waals surface area contributed by atoms with Crippen molar-refractivity contribution in [1.29, 1.82) is 0 Å². The molecule has 0 aliphatic heterocycles. The van der Waals surface area contributed by atoms with Gasteiger partial charge in [0, 0.05) is 24.1 Å². The molecule has 3 nitrogen and oxygen atoms in total. The average Bonchev–Trinajstić information content (AvgIpc) is 2.86. The first-order chi connectivity index (χ1) is 10.6. The lowest BCUT2D eigenvalue weighted by Gasteiger charge is -2.32. The molecule has 0 amide bonds. The Balaban J connectivity index is 2.15. The second-order valence-corrected chi connectivity index (χ2v) is 8.17. The predicted octanol–water partition coefficient (Wildman–Crippen LogP) is 4.99. The Hall–Kier alpha value is -1.68. The van der Waals surface area contributed by atoms with Crippen LogP contribution < -0.4 is 5.32 Å². The van der Waals surface area contributed by atoms with E-state index in [0.29, 0.717) is 6.54 Å². The lowest BCUT2D eigenvalue weighted by molar-refractivity contribution is 0.266. The summed E-state index contributed by atoms with van der Waals surface area (Å²) in [5, 5.41) is 7.63. The van der Waals surface area contributed by atoms with E-state index in [1.165, 1.54) is 6.07 Å². The second kappa shape index (κ2) is 6.44. The molecule has 4 heteroatoms. The summed E-state index contributed by atoms with van der Waals surface area (Å²) in [6.07, 6.45) is 0. The third-order valence-corrected chi connectivity index (χ3v) is 3.83. The quantitative estimate of drug-likeness (QED) is 0.863. The number of hydrogen-bond donors (Lipinski definition) is 1. The smallest absolute Gasteiger partial charge is 0.142 e. The van der Waals surface area contributed by atoms with Crippen LogP contribution in [0.1, 0.15) is 64.6 Å². The highest BCUT2D eigenvalue weighted by atomic mass is 19.1. The monoisotopic (exact) mass is 318 g/mol. The molecular formula is C19H27FN2O. The summed E-state index contributed by atoms with van der Waals surface area (Å²) in [5.74, 6) is 0.655. The van der Waals surface area contributed by atoms with Gasteiger partial charge < -0.3 is 9.84 Å². The van der Waals surface area contributed by atoms with Gasteiger partial charge in [-0.15, -0.1) is 0 Å². The molecule has 1 N–H and O–H groups in total.